The lowest BCUT2D eigenvalue weighted by Gasteiger charge is -2.04. The Kier molecular flexibility index (Phi) is 2.95. The summed E-state index contributed by atoms with van der Waals surface area (Å²) in [5.74, 6) is 0.902. The maximum atomic E-state index is 5.94. The predicted octanol–water partition coefficient (Wildman–Crippen LogP) is 3.89. The highest BCUT2D eigenvalue weighted by atomic mass is 35.5. The molecular formula is C14H12ClN3O. The Morgan fingerprint density at radius 1 is 1.21 bits per heavy atom. The summed E-state index contributed by atoms with van der Waals surface area (Å²) in [5.41, 5.74) is 2.71. The molecule has 0 bridgehead atoms. The number of aryl methyl sites for hydroxylation is 1. The summed E-state index contributed by atoms with van der Waals surface area (Å²) in [7, 11) is 0. The minimum Gasteiger partial charge on any atom is -0.419 e. The van der Waals surface area contributed by atoms with Gasteiger partial charge in [0.25, 0.3) is 0 Å². The fraction of sp³-hybridized carbons (Fsp3) is 0.214. The summed E-state index contributed by atoms with van der Waals surface area (Å²) in [6, 6.07) is 9.82. The van der Waals surface area contributed by atoms with Crippen LogP contribution in [0.1, 0.15) is 23.9 Å². The zero-order valence-corrected chi connectivity index (χ0v) is 11.3. The van der Waals surface area contributed by atoms with Gasteiger partial charge in [0.05, 0.1) is 5.52 Å². The first kappa shape index (κ1) is 12.1. The summed E-state index contributed by atoms with van der Waals surface area (Å²) >= 11 is 5.94. The molecule has 1 unspecified atom stereocenters. The first-order chi connectivity index (χ1) is 9.15. The van der Waals surface area contributed by atoms with E-state index in [-0.39, 0.29) is 5.38 Å². The molecule has 0 aliphatic heterocycles. The highest BCUT2D eigenvalue weighted by Gasteiger charge is 2.15. The van der Waals surface area contributed by atoms with Crippen molar-refractivity contribution in [2.24, 2.45) is 0 Å². The molecule has 0 amide bonds. The summed E-state index contributed by atoms with van der Waals surface area (Å²) < 4.78 is 5.61. The standard InChI is InChI=1S/C14H12ClN3O/c1-8-7-11(10-5-3-4-6-12(10)16-8)14-18-17-13(19-14)9(2)15/h3-7,9H,1-2H3. The molecule has 5 heteroatoms. The number of aromatic nitrogens is 3. The van der Waals surface area contributed by atoms with Gasteiger partial charge in [0.2, 0.25) is 11.8 Å². The Morgan fingerprint density at radius 2 is 2.00 bits per heavy atom. The van der Waals surface area contributed by atoms with Crippen molar-refractivity contribution in [3.8, 4) is 11.5 Å². The van der Waals surface area contributed by atoms with Gasteiger partial charge in [0.15, 0.2) is 0 Å². The lowest BCUT2D eigenvalue weighted by atomic mass is 10.1. The fourth-order valence-corrected chi connectivity index (χ4v) is 2.08. The Hall–Kier alpha value is -1.94. The second-order valence-electron chi connectivity index (χ2n) is 4.39. The van der Waals surface area contributed by atoms with Crippen LogP contribution in [0.4, 0.5) is 0 Å². The van der Waals surface area contributed by atoms with Crippen molar-refractivity contribution in [1.29, 1.82) is 0 Å². The van der Waals surface area contributed by atoms with E-state index in [1.165, 1.54) is 0 Å². The zero-order valence-electron chi connectivity index (χ0n) is 10.6. The Morgan fingerprint density at radius 3 is 2.74 bits per heavy atom. The molecule has 4 nitrogen and oxygen atoms in total. The van der Waals surface area contributed by atoms with Gasteiger partial charge in [0.1, 0.15) is 5.38 Å². The molecule has 0 N–H and O–H groups in total. The van der Waals surface area contributed by atoms with Crippen molar-refractivity contribution < 1.29 is 4.42 Å². The van der Waals surface area contributed by atoms with Gasteiger partial charge in [-0.1, -0.05) is 18.2 Å². The van der Waals surface area contributed by atoms with Crippen LogP contribution in [-0.4, -0.2) is 15.2 Å². The number of hydrogen-bond acceptors (Lipinski definition) is 4. The van der Waals surface area contributed by atoms with Gasteiger partial charge >= 0.3 is 0 Å². The monoisotopic (exact) mass is 273 g/mol. The van der Waals surface area contributed by atoms with Gasteiger partial charge in [-0.05, 0) is 26.0 Å². The van der Waals surface area contributed by atoms with E-state index in [1.807, 2.05) is 37.3 Å². The largest absolute Gasteiger partial charge is 0.419 e. The van der Waals surface area contributed by atoms with Crippen molar-refractivity contribution in [1.82, 2.24) is 15.2 Å². The summed E-state index contributed by atoms with van der Waals surface area (Å²) in [6.45, 7) is 3.74. The molecule has 0 aliphatic rings. The van der Waals surface area contributed by atoms with Gasteiger partial charge in [0, 0.05) is 16.6 Å². The summed E-state index contributed by atoms with van der Waals surface area (Å²) in [6.07, 6.45) is 0. The van der Waals surface area contributed by atoms with Crippen molar-refractivity contribution in [3.05, 3.63) is 41.9 Å². The average Bonchev–Trinajstić information content (AvgIpc) is 2.87. The van der Waals surface area contributed by atoms with Crippen molar-refractivity contribution in [3.63, 3.8) is 0 Å². The van der Waals surface area contributed by atoms with E-state index in [0.29, 0.717) is 11.8 Å². The zero-order chi connectivity index (χ0) is 13.4. The number of para-hydroxylation sites is 1. The summed E-state index contributed by atoms with van der Waals surface area (Å²) in [4.78, 5) is 4.49. The van der Waals surface area contributed by atoms with E-state index in [4.69, 9.17) is 16.0 Å². The minimum atomic E-state index is -0.296. The van der Waals surface area contributed by atoms with E-state index in [2.05, 4.69) is 15.2 Å². The second-order valence-corrected chi connectivity index (χ2v) is 5.04. The van der Waals surface area contributed by atoms with E-state index < -0.39 is 0 Å². The molecule has 0 aliphatic carbocycles. The van der Waals surface area contributed by atoms with Crippen molar-refractivity contribution in [2.75, 3.05) is 0 Å². The molecule has 19 heavy (non-hydrogen) atoms. The molecule has 0 saturated heterocycles. The van der Waals surface area contributed by atoms with E-state index in [0.717, 1.165) is 22.2 Å². The molecule has 0 spiro atoms. The van der Waals surface area contributed by atoms with Crippen molar-refractivity contribution >= 4 is 22.5 Å². The van der Waals surface area contributed by atoms with Crippen LogP contribution in [0.15, 0.2) is 34.7 Å². The molecule has 0 radical (unpaired) electrons. The molecule has 1 aromatic carbocycles. The highest BCUT2D eigenvalue weighted by molar-refractivity contribution is 6.20. The Bertz CT molecular complexity index is 736. The quantitative estimate of drug-likeness (QED) is 0.665. The van der Waals surface area contributed by atoms with Gasteiger partial charge in [-0.2, -0.15) is 0 Å². The number of benzene rings is 1. The normalized spacial score (nSPS) is 12.8. The lowest BCUT2D eigenvalue weighted by molar-refractivity contribution is 0.507. The van der Waals surface area contributed by atoms with Crippen LogP contribution in [0.5, 0.6) is 0 Å². The van der Waals surface area contributed by atoms with Gasteiger partial charge in [-0.25, -0.2) is 0 Å². The topological polar surface area (TPSA) is 51.8 Å². The lowest BCUT2D eigenvalue weighted by Crippen LogP contribution is -1.88. The molecule has 0 saturated carbocycles. The molecule has 2 heterocycles. The van der Waals surface area contributed by atoms with Crippen molar-refractivity contribution in [2.45, 2.75) is 19.2 Å². The number of nitrogens with zero attached hydrogens (tertiary/aromatic N) is 3. The molecule has 2 aromatic heterocycles. The molecule has 1 atom stereocenters. The van der Waals surface area contributed by atoms with Crippen LogP contribution in [0.3, 0.4) is 0 Å². The third-order valence-electron chi connectivity index (χ3n) is 2.86. The minimum absolute atomic E-state index is 0.296. The molecule has 96 valence electrons. The molecule has 3 rings (SSSR count). The number of rotatable bonds is 2. The number of pyridine rings is 1. The third kappa shape index (κ3) is 2.19. The van der Waals surface area contributed by atoms with Gasteiger partial charge in [-0.3, -0.25) is 4.98 Å². The maximum absolute atomic E-state index is 5.94. The number of alkyl halides is 1. The molecule has 0 fully saturated rings. The number of hydrogen-bond donors (Lipinski definition) is 0. The van der Waals surface area contributed by atoms with E-state index in [9.17, 15) is 0 Å². The highest BCUT2D eigenvalue weighted by Crippen LogP contribution is 2.29. The van der Waals surface area contributed by atoms with E-state index in [1.54, 1.807) is 6.92 Å². The Labute approximate surface area is 115 Å². The Balaban J connectivity index is 2.23. The van der Waals surface area contributed by atoms with Crippen LogP contribution in [-0.2, 0) is 0 Å². The average molecular weight is 274 g/mol. The first-order valence-electron chi connectivity index (χ1n) is 5.99. The maximum Gasteiger partial charge on any atom is 0.248 e. The smallest absolute Gasteiger partial charge is 0.248 e. The van der Waals surface area contributed by atoms with Gasteiger partial charge < -0.3 is 4.42 Å². The van der Waals surface area contributed by atoms with E-state index >= 15 is 0 Å². The molecule has 3 aromatic rings. The second kappa shape index (κ2) is 4.63. The third-order valence-corrected chi connectivity index (χ3v) is 3.04. The molecular weight excluding hydrogens is 262 g/mol. The SMILES string of the molecule is Cc1cc(-c2nnc(C(C)Cl)o2)c2ccccc2n1. The number of fused-ring (bicyclic) bond motifs is 1. The van der Waals surface area contributed by atoms with Crippen LogP contribution < -0.4 is 0 Å². The predicted molar refractivity (Wildman–Crippen MR) is 74.0 cm³/mol. The van der Waals surface area contributed by atoms with Crippen LogP contribution in [0, 0.1) is 6.92 Å². The van der Waals surface area contributed by atoms with Crippen LogP contribution >= 0.6 is 11.6 Å². The van der Waals surface area contributed by atoms with Crippen LogP contribution in [0.25, 0.3) is 22.4 Å². The first-order valence-corrected chi connectivity index (χ1v) is 6.43. The van der Waals surface area contributed by atoms with Crippen LogP contribution in [0.2, 0.25) is 0 Å². The van der Waals surface area contributed by atoms with Gasteiger partial charge in [-0.15, -0.1) is 21.8 Å². The summed E-state index contributed by atoms with van der Waals surface area (Å²) in [5, 5.41) is 8.72. The number of halogens is 1. The fourth-order valence-electron chi connectivity index (χ4n) is 1.99.